The molecule has 1 aliphatic rings. The van der Waals surface area contributed by atoms with Crippen molar-refractivity contribution in [1.29, 1.82) is 0 Å². The normalized spacial score (nSPS) is 16.9. The van der Waals surface area contributed by atoms with E-state index in [2.05, 4.69) is 28.3 Å². The minimum atomic E-state index is -0.141. The minimum Gasteiger partial charge on any atom is -0.310 e. The maximum Gasteiger partial charge on any atom is 0.323 e. The molecule has 1 saturated carbocycles. The molecule has 0 saturated heterocycles. The Labute approximate surface area is 112 Å². The lowest BCUT2D eigenvalue weighted by molar-refractivity contribution is 0.533. The first-order valence-corrected chi connectivity index (χ1v) is 7.18. The molecule has 0 bridgehead atoms. The number of hydrogen-bond donors (Lipinski definition) is 3. The number of fused-ring (bicyclic) bond motifs is 1. The largest absolute Gasteiger partial charge is 0.323 e. The smallest absolute Gasteiger partial charge is 0.310 e. The Kier molecular flexibility index (Phi) is 3.42. The average Bonchev–Trinajstić information content (AvgIpc) is 3.13. The fraction of sp³-hybridized carbons (Fsp3) is 0.533. The van der Waals surface area contributed by atoms with Crippen molar-refractivity contribution in [3.05, 3.63) is 34.2 Å². The molecular formula is C15H21N3O. The summed E-state index contributed by atoms with van der Waals surface area (Å²) in [6.45, 7) is 3.24. The van der Waals surface area contributed by atoms with E-state index in [1.54, 1.807) is 0 Å². The van der Waals surface area contributed by atoms with Gasteiger partial charge in [-0.25, -0.2) is 4.79 Å². The van der Waals surface area contributed by atoms with Gasteiger partial charge < -0.3 is 15.3 Å². The predicted molar refractivity (Wildman–Crippen MR) is 77.3 cm³/mol. The van der Waals surface area contributed by atoms with Gasteiger partial charge in [0.25, 0.3) is 0 Å². The maximum atomic E-state index is 11.2. The van der Waals surface area contributed by atoms with E-state index < -0.39 is 0 Å². The zero-order valence-corrected chi connectivity index (χ0v) is 11.3. The summed E-state index contributed by atoms with van der Waals surface area (Å²) < 4.78 is 0. The first-order chi connectivity index (χ1) is 9.22. The molecule has 1 aromatic heterocycles. The van der Waals surface area contributed by atoms with Gasteiger partial charge in [0, 0.05) is 6.04 Å². The van der Waals surface area contributed by atoms with E-state index in [4.69, 9.17) is 0 Å². The molecule has 0 amide bonds. The molecule has 1 fully saturated rings. The van der Waals surface area contributed by atoms with Crippen molar-refractivity contribution in [1.82, 2.24) is 15.3 Å². The molecule has 0 spiro atoms. The van der Waals surface area contributed by atoms with Gasteiger partial charge in [0.2, 0.25) is 0 Å². The van der Waals surface area contributed by atoms with Crippen LogP contribution in [0.1, 0.15) is 44.2 Å². The number of rotatable bonds is 6. The van der Waals surface area contributed by atoms with Gasteiger partial charge in [0.1, 0.15) is 0 Å². The van der Waals surface area contributed by atoms with Crippen molar-refractivity contribution in [2.75, 3.05) is 6.54 Å². The van der Waals surface area contributed by atoms with E-state index in [9.17, 15) is 4.79 Å². The monoisotopic (exact) mass is 259 g/mol. The summed E-state index contributed by atoms with van der Waals surface area (Å²) >= 11 is 0. The molecule has 4 heteroatoms. The van der Waals surface area contributed by atoms with Gasteiger partial charge in [0.05, 0.1) is 11.0 Å². The molecule has 3 rings (SSSR count). The van der Waals surface area contributed by atoms with Crippen molar-refractivity contribution in [2.45, 2.75) is 38.6 Å². The Morgan fingerprint density at radius 1 is 1.32 bits per heavy atom. The number of benzene rings is 1. The van der Waals surface area contributed by atoms with E-state index in [1.165, 1.54) is 31.2 Å². The van der Waals surface area contributed by atoms with Crippen LogP contribution in [0.5, 0.6) is 0 Å². The summed E-state index contributed by atoms with van der Waals surface area (Å²) in [5.74, 6) is 1.01. The van der Waals surface area contributed by atoms with Gasteiger partial charge in [-0.3, -0.25) is 0 Å². The fourth-order valence-electron chi connectivity index (χ4n) is 2.55. The molecule has 4 nitrogen and oxygen atoms in total. The van der Waals surface area contributed by atoms with E-state index >= 15 is 0 Å². The van der Waals surface area contributed by atoms with Crippen LogP contribution >= 0.6 is 0 Å². The van der Waals surface area contributed by atoms with E-state index in [0.717, 1.165) is 23.5 Å². The third kappa shape index (κ3) is 3.07. The number of nitrogens with one attached hydrogen (secondary N) is 3. The minimum absolute atomic E-state index is 0.141. The van der Waals surface area contributed by atoms with Crippen LogP contribution in [0.25, 0.3) is 11.0 Å². The molecule has 19 heavy (non-hydrogen) atoms. The van der Waals surface area contributed by atoms with Crippen molar-refractivity contribution < 1.29 is 0 Å². The topological polar surface area (TPSA) is 60.7 Å². The molecule has 1 heterocycles. The third-order valence-corrected chi connectivity index (χ3v) is 3.98. The Bertz CT molecular complexity index is 609. The van der Waals surface area contributed by atoms with Crippen molar-refractivity contribution >= 4 is 11.0 Å². The fourth-order valence-corrected chi connectivity index (χ4v) is 2.55. The van der Waals surface area contributed by atoms with Gasteiger partial charge in [0.15, 0.2) is 0 Å². The summed E-state index contributed by atoms with van der Waals surface area (Å²) in [6.07, 6.45) is 5.50. The van der Waals surface area contributed by atoms with Crippen LogP contribution in [-0.4, -0.2) is 16.5 Å². The second-order valence-corrected chi connectivity index (χ2v) is 5.65. The highest BCUT2D eigenvalue weighted by Gasteiger charge is 2.20. The molecule has 1 unspecified atom stereocenters. The quantitative estimate of drug-likeness (QED) is 0.698. The zero-order valence-electron chi connectivity index (χ0n) is 11.3. The molecule has 3 N–H and O–H groups in total. The molecule has 1 aromatic carbocycles. The Morgan fingerprint density at radius 3 is 2.89 bits per heavy atom. The van der Waals surface area contributed by atoms with Crippen LogP contribution in [0.15, 0.2) is 23.0 Å². The summed E-state index contributed by atoms with van der Waals surface area (Å²) in [5.41, 5.74) is 2.83. The van der Waals surface area contributed by atoms with Crippen molar-refractivity contribution in [3.8, 4) is 0 Å². The van der Waals surface area contributed by atoms with Crippen LogP contribution in [-0.2, 0) is 0 Å². The van der Waals surface area contributed by atoms with Gasteiger partial charge in [-0.15, -0.1) is 0 Å². The summed E-state index contributed by atoms with van der Waals surface area (Å²) in [6, 6.07) is 6.41. The first kappa shape index (κ1) is 12.5. The molecule has 1 aliphatic carbocycles. The van der Waals surface area contributed by atoms with Crippen molar-refractivity contribution in [2.24, 2.45) is 5.92 Å². The highest BCUT2D eigenvalue weighted by atomic mass is 16.1. The van der Waals surface area contributed by atoms with Gasteiger partial charge in [-0.1, -0.05) is 18.9 Å². The summed E-state index contributed by atoms with van der Waals surface area (Å²) in [7, 11) is 0. The Morgan fingerprint density at radius 2 is 2.11 bits per heavy atom. The molecule has 102 valence electrons. The Hall–Kier alpha value is -1.55. The van der Waals surface area contributed by atoms with E-state index in [1.807, 2.05) is 12.1 Å². The number of hydrogen-bond acceptors (Lipinski definition) is 2. The molecule has 0 aliphatic heterocycles. The van der Waals surface area contributed by atoms with Crippen molar-refractivity contribution in [3.63, 3.8) is 0 Å². The van der Waals surface area contributed by atoms with Gasteiger partial charge in [-0.2, -0.15) is 0 Å². The Balaban J connectivity index is 1.59. The molecular weight excluding hydrogens is 238 g/mol. The van der Waals surface area contributed by atoms with Crippen LogP contribution < -0.4 is 11.0 Å². The highest BCUT2D eigenvalue weighted by molar-refractivity contribution is 5.75. The van der Waals surface area contributed by atoms with Gasteiger partial charge >= 0.3 is 5.69 Å². The maximum absolute atomic E-state index is 11.2. The lowest BCUT2D eigenvalue weighted by atomic mass is 10.1. The number of aromatic nitrogens is 2. The molecule has 2 aromatic rings. The van der Waals surface area contributed by atoms with E-state index in [0.29, 0.717) is 6.04 Å². The average molecular weight is 259 g/mol. The van der Waals surface area contributed by atoms with Gasteiger partial charge in [-0.05, 0) is 49.9 Å². The SMILES string of the molecule is CC(NCCCC1CC1)c1ccc2[nH]c(=O)[nH]c2c1. The number of H-pyrrole nitrogens is 2. The molecule has 1 atom stereocenters. The molecule has 0 radical (unpaired) electrons. The number of aromatic amines is 2. The van der Waals surface area contributed by atoms with Crippen LogP contribution in [0.2, 0.25) is 0 Å². The third-order valence-electron chi connectivity index (χ3n) is 3.98. The predicted octanol–water partition coefficient (Wildman–Crippen LogP) is 2.70. The van der Waals surface area contributed by atoms with Crippen LogP contribution in [0, 0.1) is 5.92 Å². The second kappa shape index (κ2) is 5.21. The zero-order chi connectivity index (χ0) is 13.2. The first-order valence-electron chi connectivity index (χ1n) is 7.18. The second-order valence-electron chi connectivity index (χ2n) is 5.65. The lowest BCUT2D eigenvalue weighted by Crippen LogP contribution is -2.19. The number of imidazole rings is 1. The standard InChI is InChI=1S/C15H21N3O/c1-10(16-8-2-3-11-4-5-11)12-6-7-13-14(9-12)18-15(19)17-13/h6-7,9-11,16H,2-5,8H2,1H3,(H2,17,18,19). The highest BCUT2D eigenvalue weighted by Crippen LogP contribution is 2.33. The summed E-state index contributed by atoms with van der Waals surface area (Å²) in [5, 5.41) is 3.55. The van der Waals surface area contributed by atoms with E-state index in [-0.39, 0.29) is 5.69 Å². The summed E-state index contributed by atoms with van der Waals surface area (Å²) in [4.78, 5) is 16.8. The lowest BCUT2D eigenvalue weighted by Gasteiger charge is -2.14. The van der Waals surface area contributed by atoms with Crippen LogP contribution in [0.4, 0.5) is 0 Å². The van der Waals surface area contributed by atoms with Crippen LogP contribution in [0.3, 0.4) is 0 Å².